The maximum absolute atomic E-state index is 14.0. The van der Waals surface area contributed by atoms with Gasteiger partial charge in [-0.15, -0.1) is 0 Å². The molecule has 0 saturated carbocycles. The Morgan fingerprint density at radius 1 is 1.22 bits per heavy atom. The van der Waals surface area contributed by atoms with Gasteiger partial charge < -0.3 is 0 Å². The molecule has 3 aromatic rings. The summed E-state index contributed by atoms with van der Waals surface area (Å²) in [6, 6.07) is 7.03. The monoisotopic (exact) mass is 378 g/mol. The summed E-state index contributed by atoms with van der Waals surface area (Å²) < 4.78 is 54.5. The highest BCUT2D eigenvalue weighted by Gasteiger charge is 2.15. The largest absolute Gasteiger partial charge is 0.291 e. The highest BCUT2D eigenvalue weighted by atomic mass is 19.3. The van der Waals surface area contributed by atoms with E-state index in [9.17, 15) is 22.4 Å². The summed E-state index contributed by atoms with van der Waals surface area (Å²) in [4.78, 5) is 11.3. The fourth-order valence-electron chi connectivity index (χ4n) is 2.61. The van der Waals surface area contributed by atoms with Crippen molar-refractivity contribution in [2.24, 2.45) is 5.84 Å². The first-order chi connectivity index (χ1) is 12.9. The van der Waals surface area contributed by atoms with E-state index in [4.69, 9.17) is 5.84 Å². The normalized spacial score (nSPS) is 11.6. The molecule has 27 heavy (non-hydrogen) atoms. The van der Waals surface area contributed by atoms with Gasteiger partial charge in [0.2, 0.25) is 0 Å². The van der Waals surface area contributed by atoms with E-state index in [1.165, 1.54) is 35.0 Å². The number of amides is 1. The van der Waals surface area contributed by atoms with E-state index in [0.717, 1.165) is 18.2 Å². The van der Waals surface area contributed by atoms with Crippen molar-refractivity contribution in [3.05, 3.63) is 70.9 Å². The Balaban J connectivity index is 2.10. The van der Waals surface area contributed by atoms with Crippen LogP contribution in [-0.4, -0.2) is 15.7 Å². The standard InChI is InChI=1S/C18H14F4N4O/c19-12-3-1-11(14(20)8-12)9-26-16-7-10(18(21)22)2-4-13(16)15(25-26)5-6-17(27)24-23/h1-8,18H,9,23H2,(H,24,27). The van der Waals surface area contributed by atoms with E-state index in [-0.39, 0.29) is 17.7 Å². The van der Waals surface area contributed by atoms with E-state index in [0.29, 0.717) is 16.6 Å². The number of alkyl halides is 2. The molecule has 0 aliphatic heterocycles. The van der Waals surface area contributed by atoms with Gasteiger partial charge in [0.1, 0.15) is 11.6 Å². The van der Waals surface area contributed by atoms with Gasteiger partial charge in [0, 0.05) is 28.7 Å². The molecule has 0 aliphatic carbocycles. The lowest BCUT2D eigenvalue weighted by atomic mass is 10.1. The fourth-order valence-corrected chi connectivity index (χ4v) is 2.61. The molecule has 3 rings (SSSR count). The van der Waals surface area contributed by atoms with Crippen LogP contribution in [0, 0.1) is 11.6 Å². The number of benzene rings is 2. The summed E-state index contributed by atoms with van der Waals surface area (Å²) in [5.41, 5.74) is 2.48. The van der Waals surface area contributed by atoms with E-state index in [1.807, 2.05) is 5.43 Å². The lowest BCUT2D eigenvalue weighted by Crippen LogP contribution is -2.27. The van der Waals surface area contributed by atoms with Crippen molar-refractivity contribution < 1.29 is 22.4 Å². The molecule has 0 unspecified atom stereocenters. The SMILES string of the molecule is NNC(=O)C=Cc1nn(Cc2ccc(F)cc2F)c2cc(C(F)F)ccc12. The van der Waals surface area contributed by atoms with E-state index in [1.54, 1.807) is 0 Å². The number of hydrogen-bond donors (Lipinski definition) is 2. The van der Waals surface area contributed by atoms with Crippen LogP contribution in [0.4, 0.5) is 17.6 Å². The third kappa shape index (κ3) is 3.98. The molecule has 0 bridgehead atoms. The van der Waals surface area contributed by atoms with E-state index >= 15 is 0 Å². The third-order valence-electron chi connectivity index (χ3n) is 3.93. The number of aromatic nitrogens is 2. The Morgan fingerprint density at radius 3 is 2.67 bits per heavy atom. The van der Waals surface area contributed by atoms with Crippen molar-refractivity contribution >= 4 is 22.9 Å². The number of rotatable bonds is 5. The van der Waals surface area contributed by atoms with Crippen molar-refractivity contribution in [1.29, 1.82) is 0 Å². The van der Waals surface area contributed by atoms with Gasteiger partial charge in [-0.3, -0.25) is 14.9 Å². The maximum Gasteiger partial charge on any atom is 0.263 e. The van der Waals surface area contributed by atoms with Crippen LogP contribution in [0.15, 0.2) is 42.5 Å². The van der Waals surface area contributed by atoms with Gasteiger partial charge in [0.25, 0.3) is 12.3 Å². The topological polar surface area (TPSA) is 72.9 Å². The molecule has 1 amide bonds. The van der Waals surface area contributed by atoms with Gasteiger partial charge in [-0.1, -0.05) is 18.2 Å². The highest BCUT2D eigenvalue weighted by Crippen LogP contribution is 2.27. The van der Waals surface area contributed by atoms with Gasteiger partial charge in [-0.2, -0.15) is 5.10 Å². The molecule has 140 valence electrons. The number of hydrogen-bond acceptors (Lipinski definition) is 3. The molecule has 1 heterocycles. The zero-order valence-electron chi connectivity index (χ0n) is 13.8. The van der Waals surface area contributed by atoms with Crippen LogP contribution >= 0.6 is 0 Å². The second-order valence-corrected chi connectivity index (χ2v) is 5.70. The Kier molecular flexibility index (Phi) is 5.22. The van der Waals surface area contributed by atoms with Crippen molar-refractivity contribution in [2.45, 2.75) is 13.0 Å². The molecule has 9 heteroatoms. The lowest BCUT2D eigenvalue weighted by molar-refractivity contribution is -0.116. The van der Waals surface area contributed by atoms with Gasteiger partial charge in [-0.05, 0) is 18.2 Å². The second-order valence-electron chi connectivity index (χ2n) is 5.70. The van der Waals surface area contributed by atoms with Crippen LogP contribution in [0.5, 0.6) is 0 Å². The molecule has 5 nitrogen and oxygen atoms in total. The van der Waals surface area contributed by atoms with Crippen LogP contribution in [0.2, 0.25) is 0 Å². The van der Waals surface area contributed by atoms with Crippen LogP contribution in [0.1, 0.15) is 23.2 Å². The van der Waals surface area contributed by atoms with Crippen LogP contribution in [0.3, 0.4) is 0 Å². The number of carbonyl (C=O) groups excluding carboxylic acids is 1. The molecule has 0 atom stereocenters. The van der Waals surface area contributed by atoms with Crippen molar-refractivity contribution in [3.8, 4) is 0 Å². The number of nitrogens with zero attached hydrogens (tertiary/aromatic N) is 2. The summed E-state index contributed by atoms with van der Waals surface area (Å²) in [6.45, 7) is -0.105. The van der Waals surface area contributed by atoms with Gasteiger partial charge in [0.15, 0.2) is 0 Å². The van der Waals surface area contributed by atoms with Crippen molar-refractivity contribution in [2.75, 3.05) is 0 Å². The lowest BCUT2D eigenvalue weighted by Gasteiger charge is -2.06. The van der Waals surface area contributed by atoms with Crippen molar-refractivity contribution in [1.82, 2.24) is 15.2 Å². The average Bonchev–Trinajstić information content (AvgIpc) is 2.99. The van der Waals surface area contributed by atoms with Crippen molar-refractivity contribution in [3.63, 3.8) is 0 Å². The molecule has 0 spiro atoms. The molecular formula is C18H14F4N4O. The zero-order chi connectivity index (χ0) is 19.6. The summed E-state index contributed by atoms with van der Waals surface area (Å²) in [6.07, 6.45) is -0.197. The molecular weight excluding hydrogens is 364 g/mol. The predicted octanol–water partition coefficient (Wildman–Crippen LogP) is 3.30. The van der Waals surface area contributed by atoms with Crippen LogP contribution in [-0.2, 0) is 11.3 Å². The smallest absolute Gasteiger partial charge is 0.263 e. The summed E-state index contributed by atoms with van der Waals surface area (Å²) in [7, 11) is 0. The average molecular weight is 378 g/mol. The zero-order valence-corrected chi connectivity index (χ0v) is 13.8. The van der Waals surface area contributed by atoms with Crippen LogP contribution in [0.25, 0.3) is 17.0 Å². The Morgan fingerprint density at radius 2 is 2.00 bits per heavy atom. The van der Waals surface area contributed by atoms with Gasteiger partial charge >= 0.3 is 0 Å². The first kappa shape index (κ1) is 18.6. The molecule has 0 saturated heterocycles. The van der Waals surface area contributed by atoms with Gasteiger partial charge in [-0.25, -0.2) is 23.4 Å². The maximum atomic E-state index is 14.0. The first-order valence-corrected chi connectivity index (χ1v) is 7.80. The Hall–Kier alpha value is -3.20. The third-order valence-corrected chi connectivity index (χ3v) is 3.93. The number of hydrazine groups is 1. The Labute approximate surface area is 151 Å². The summed E-state index contributed by atoms with van der Waals surface area (Å²) in [5.74, 6) is 2.93. The first-order valence-electron chi connectivity index (χ1n) is 7.80. The molecule has 2 aromatic carbocycles. The quantitative estimate of drug-likeness (QED) is 0.235. The number of fused-ring (bicyclic) bond motifs is 1. The minimum atomic E-state index is -2.69. The predicted molar refractivity (Wildman–Crippen MR) is 91.5 cm³/mol. The number of halogens is 4. The number of nitrogens with two attached hydrogens (primary N) is 1. The molecule has 0 fully saturated rings. The second kappa shape index (κ2) is 7.58. The fraction of sp³-hybridized carbons (Fsp3) is 0.111. The Bertz CT molecular complexity index is 1030. The molecule has 0 radical (unpaired) electrons. The van der Waals surface area contributed by atoms with Gasteiger partial charge in [0.05, 0.1) is 17.8 Å². The summed E-state index contributed by atoms with van der Waals surface area (Å²) >= 11 is 0. The highest BCUT2D eigenvalue weighted by molar-refractivity contribution is 5.95. The van der Waals surface area contributed by atoms with Crippen LogP contribution < -0.4 is 11.3 Å². The number of carbonyl (C=O) groups is 1. The van der Waals surface area contributed by atoms with E-state index in [2.05, 4.69) is 5.10 Å². The minimum absolute atomic E-state index is 0.105. The minimum Gasteiger partial charge on any atom is -0.291 e. The molecule has 0 aliphatic rings. The number of nitrogens with one attached hydrogen (secondary N) is 1. The van der Waals surface area contributed by atoms with E-state index < -0.39 is 24.0 Å². The molecule has 3 N–H and O–H groups in total. The molecule has 1 aromatic heterocycles. The summed E-state index contributed by atoms with van der Waals surface area (Å²) in [5, 5.41) is 4.75.